The second-order valence-electron chi connectivity index (χ2n) is 4.40. The third-order valence-electron chi connectivity index (χ3n) is 3.07. The van der Waals surface area contributed by atoms with Crippen LogP contribution in [0.25, 0.3) is 0 Å². The molecule has 2 aromatic carbocycles. The normalized spacial score (nSPS) is 11.5. The fraction of sp³-hybridized carbons (Fsp3) is 0.143. The molecule has 0 atom stereocenters. The van der Waals surface area contributed by atoms with Crippen LogP contribution in [0.1, 0.15) is 12.5 Å². The van der Waals surface area contributed by atoms with Gasteiger partial charge in [-0.25, -0.2) is 8.42 Å². The summed E-state index contributed by atoms with van der Waals surface area (Å²) in [6, 6.07) is 9.03. The van der Waals surface area contributed by atoms with Crippen molar-refractivity contribution < 1.29 is 8.42 Å². The first kappa shape index (κ1) is 14.7. The number of aryl methyl sites for hydroxylation is 1. The average molecular weight is 311 g/mol. The summed E-state index contributed by atoms with van der Waals surface area (Å²) in [4.78, 5) is 0.175. The molecule has 4 N–H and O–H groups in total. The van der Waals surface area contributed by atoms with Crippen molar-refractivity contribution in [2.45, 2.75) is 23.1 Å². The quantitative estimate of drug-likeness (QED) is 0.853. The third kappa shape index (κ3) is 2.59. The van der Waals surface area contributed by atoms with E-state index in [1.54, 1.807) is 18.2 Å². The zero-order valence-corrected chi connectivity index (χ0v) is 12.5. The summed E-state index contributed by atoms with van der Waals surface area (Å²) in [5, 5.41) is 0.323. The molecule has 0 spiro atoms. The van der Waals surface area contributed by atoms with E-state index in [1.807, 2.05) is 6.92 Å². The Labute approximate surface area is 123 Å². The highest BCUT2D eigenvalue weighted by Gasteiger charge is 2.21. The maximum atomic E-state index is 12.6. The van der Waals surface area contributed by atoms with Crippen LogP contribution in [0.5, 0.6) is 0 Å². The number of rotatable bonds is 3. The molecule has 0 unspecified atom stereocenters. The number of nitrogens with two attached hydrogens (primary N) is 2. The van der Waals surface area contributed by atoms with Gasteiger partial charge >= 0.3 is 0 Å². The summed E-state index contributed by atoms with van der Waals surface area (Å²) >= 11 is 5.85. The van der Waals surface area contributed by atoms with Gasteiger partial charge in [0, 0.05) is 10.7 Å². The van der Waals surface area contributed by atoms with Crippen LogP contribution in [-0.4, -0.2) is 8.42 Å². The number of hydrogen-bond acceptors (Lipinski definition) is 4. The van der Waals surface area contributed by atoms with Crippen LogP contribution in [0.3, 0.4) is 0 Å². The highest BCUT2D eigenvalue weighted by Crippen LogP contribution is 2.30. The highest BCUT2D eigenvalue weighted by atomic mass is 35.5. The summed E-state index contributed by atoms with van der Waals surface area (Å²) in [7, 11) is -3.71. The number of halogens is 1. The molecule has 0 amide bonds. The van der Waals surface area contributed by atoms with Gasteiger partial charge in [0.15, 0.2) is 0 Å². The number of hydrogen-bond donors (Lipinski definition) is 2. The van der Waals surface area contributed by atoms with E-state index in [1.165, 1.54) is 18.2 Å². The first-order valence-electron chi connectivity index (χ1n) is 6.04. The summed E-state index contributed by atoms with van der Waals surface area (Å²) < 4.78 is 25.2. The zero-order valence-electron chi connectivity index (χ0n) is 10.9. The summed E-state index contributed by atoms with van der Waals surface area (Å²) in [6.45, 7) is 1.91. The van der Waals surface area contributed by atoms with E-state index < -0.39 is 9.84 Å². The predicted octanol–water partition coefficient (Wildman–Crippen LogP) is 2.90. The molecule has 0 fully saturated rings. The predicted molar refractivity (Wildman–Crippen MR) is 81.5 cm³/mol. The Hall–Kier alpha value is -1.72. The van der Waals surface area contributed by atoms with E-state index in [2.05, 4.69) is 0 Å². The van der Waals surface area contributed by atoms with Crippen LogP contribution in [0.15, 0.2) is 46.2 Å². The molecule has 0 aliphatic heterocycles. The molecule has 2 rings (SSSR count). The molecular formula is C14H15ClN2O2S. The first-order valence-corrected chi connectivity index (χ1v) is 7.91. The second kappa shape index (κ2) is 5.34. The second-order valence-corrected chi connectivity index (χ2v) is 6.75. The molecule has 0 aromatic heterocycles. The van der Waals surface area contributed by atoms with Crippen molar-refractivity contribution in [2.24, 2.45) is 0 Å². The van der Waals surface area contributed by atoms with Crippen molar-refractivity contribution in [3.05, 3.63) is 47.0 Å². The molecule has 0 saturated heterocycles. The van der Waals surface area contributed by atoms with Crippen LogP contribution in [-0.2, 0) is 16.3 Å². The Morgan fingerprint density at radius 1 is 1.05 bits per heavy atom. The number of anilines is 2. The maximum absolute atomic E-state index is 12.6. The van der Waals surface area contributed by atoms with Gasteiger partial charge in [0.1, 0.15) is 0 Å². The van der Waals surface area contributed by atoms with E-state index in [9.17, 15) is 8.42 Å². The number of sulfone groups is 1. The largest absolute Gasteiger partial charge is 0.399 e. The minimum atomic E-state index is -3.71. The number of nitrogen functional groups attached to an aromatic ring is 2. The Morgan fingerprint density at radius 3 is 2.35 bits per heavy atom. The Bertz CT molecular complexity index is 758. The van der Waals surface area contributed by atoms with Crippen LogP contribution in [0.2, 0.25) is 5.02 Å². The van der Waals surface area contributed by atoms with Gasteiger partial charge < -0.3 is 11.5 Å². The highest BCUT2D eigenvalue weighted by molar-refractivity contribution is 7.91. The van der Waals surface area contributed by atoms with Crippen molar-refractivity contribution in [1.29, 1.82) is 0 Å². The Balaban J connectivity index is 2.63. The number of benzene rings is 2. The minimum absolute atomic E-state index is 0.0109. The lowest BCUT2D eigenvalue weighted by Crippen LogP contribution is -2.07. The summed E-state index contributed by atoms with van der Waals surface area (Å²) in [6.07, 6.45) is 0.653. The van der Waals surface area contributed by atoms with E-state index in [0.717, 1.165) is 5.56 Å². The van der Waals surface area contributed by atoms with Crippen molar-refractivity contribution in [2.75, 3.05) is 11.5 Å². The van der Waals surface area contributed by atoms with E-state index in [4.69, 9.17) is 23.1 Å². The van der Waals surface area contributed by atoms with Gasteiger partial charge in [-0.15, -0.1) is 0 Å². The van der Waals surface area contributed by atoms with Gasteiger partial charge in [0.05, 0.1) is 15.5 Å². The first-order chi connectivity index (χ1) is 9.36. The van der Waals surface area contributed by atoms with Gasteiger partial charge in [0.25, 0.3) is 0 Å². The lowest BCUT2D eigenvalue weighted by atomic mass is 10.1. The molecule has 0 heterocycles. The van der Waals surface area contributed by atoms with Gasteiger partial charge in [0.2, 0.25) is 9.84 Å². The lowest BCUT2D eigenvalue weighted by molar-refractivity contribution is 0.596. The molecule has 2 aromatic rings. The SMILES string of the molecule is CCc1cc(S(=O)(=O)c2cc(Cl)ccc2N)ccc1N. The van der Waals surface area contributed by atoms with E-state index >= 15 is 0 Å². The van der Waals surface area contributed by atoms with E-state index in [0.29, 0.717) is 17.1 Å². The fourth-order valence-electron chi connectivity index (χ4n) is 1.92. The van der Waals surface area contributed by atoms with Gasteiger partial charge in [-0.1, -0.05) is 18.5 Å². The van der Waals surface area contributed by atoms with Gasteiger partial charge in [-0.2, -0.15) is 0 Å². The Morgan fingerprint density at radius 2 is 1.70 bits per heavy atom. The van der Waals surface area contributed by atoms with Crippen LogP contribution in [0.4, 0.5) is 11.4 Å². The molecule has 6 heteroatoms. The average Bonchev–Trinajstić information content (AvgIpc) is 2.41. The van der Waals surface area contributed by atoms with Crippen LogP contribution in [0, 0.1) is 0 Å². The van der Waals surface area contributed by atoms with Crippen molar-refractivity contribution in [3.63, 3.8) is 0 Å². The smallest absolute Gasteiger partial charge is 0.208 e. The molecule has 0 radical (unpaired) electrons. The molecule has 4 nitrogen and oxygen atoms in total. The zero-order chi connectivity index (χ0) is 14.9. The summed E-state index contributed by atoms with van der Waals surface area (Å²) in [5.74, 6) is 0. The van der Waals surface area contributed by atoms with Crippen LogP contribution >= 0.6 is 11.6 Å². The monoisotopic (exact) mass is 310 g/mol. The molecule has 106 valence electrons. The molecular weight excluding hydrogens is 296 g/mol. The van der Waals surface area contributed by atoms with Gasteiger partial charge in [-0.3, -0.25) is 0 Å². The topological polar surface area (TPSA) is 86.2 Å². The third-order valence-corrected chi connectivity index (χ3v) is 5.11. The summed E-state index contributed by atoms with van der Waals surface area (Å²) in [5.41, 5.74) is 13.1. The van der Waals surface area contributed by atoms with Crippen molar-refractivity contribution in [1.82, 2.24) is 0 Å². The van der Waals surface area contributed by atoms with Crippen molar-refractivity contribution >= 4 is 32.8 Å². The van der Waals surface area contributed by atoms with Crippen molar-refractivity contribution in [3.8, 4) is 0 Å². The Kier molecular flexibility index (Phi) is 3.92. The molecule has 0 aliphatic rings. The minimum Gasteiger partial charge on any atom is -0.399 e. The molecule has 0 aliphatic carbocycles. The fourth-order valence-corrected chi connectivity index (χ4v) is 3.62. The van der Waals surface area contributed by atoms with E-state index in [-0.39, 0.29) is 15.5 Å². The molecule has 20 heavy (non-hydrogen) atoms. The van der Waals surface area contributed by atoms with Crippen LogP contribution < -0.4 is 11.5 Å². The molecule has 0 bridgehead atoms. The maximum Gasteiger partial charge on any atom is 0.208 e. The van der Waals surface area contributed by atoms with Gasteiger partial charge in [-0.05, 0) is 48.4 Å². The lowest BCUT2D eigenvalue weighted by Gasteiger charge is -2.10. The standard InChI is InChI=1S/C14H15ClN2O2S/c1-2-9-7-11(4-6-12(9)16)20(18,19)14-8-10(15)3-5-13(14)17/h3-8H,2,16-17H2,1H3. The molecule has 0 saturated carbocycles.